The van der Waals surface area contributed by atoms with Gasteiger partial charge in [-0.2, -0.15) is 0 Å². The van der Waals surface area contributed by atoms with E-state index < -0.39 is 5.91 Å². The highest BCUT2D eigenvalue weighted by molar-refractivity contribution is 6.36. The van der Waals surface area contributed by atoms with Crippen molar-refractivity contribution in [1.82, 2.24) is 9.97 Å². The number of amides is 1. The lowest BCUT2D eigenvalue weighted by Gasteiger charge is -2.06. The Bertz CT molecular complexity index is 626. The van der Waals surface area contributed by atoms with Crippen LogP contribution in [-0.4, -0.2) is 15.9 Å². The topological polar surface area (TPSA) is 54.9 Å². The highest BCUT2D eigenvalue weighted by Crippen LogP contribution is 2.21. The molecule has 1 N–H and O–H groups in total. The number of aromatic nitrogens is 2. The van der Waals surface area contributed by atoms with E-state index in [4.69, 9.17) is 34.8 Å². The van der Waals surface area contributed by atoms with Gasteiger partial charge in [0.1, 0.15) is 5.15 Å². The summed E-state index contributed by atoms with van der Waals surface area (Å²) in [4.78, 5) is 20.0. The monoisotopic (exact) mass is 315 g/mol. The molecule has 0 aliphatic rings. The average Bonchev–Trinajstić information content (AvgIpc) is 2.30. The summed E-state index contributed by atoms with van der Waals surface area (Å²) in [6.07, 6.45) is 0. The summed E-state index contributed by atoms with van der Waals surface area (Å²) in [6.45, 7) is 1.75. The summed E-state index contributed by atoms with van der Waals surface area (Å²) in [5.74, 6) is -0.333. The van der Waals surface area contributed by atoms with E-state index in [0.29, 0.717) is 15.7 Å². The molecule has 4 nitrogen and oxygen atoms in total. The molecule has 0 saturated carbocycles. The molecule has 0 aliphatic heterocycles. The molecule has 0 aliphatic carbocycles. The third-order valence-corrected chi connectivity index (χ3v) is 2.98. The zero-order valence-electron chi connectivity index (χ0n) is 9.75. The van der Waals surface area contributed by atoms with E-state index in [0.717, 1.165) is 0 Å². The van der Waals surface area contributed by atoms with Crippen LogP contribution in [0.15, 0.2) is 24.3 Å². The molecule has 0 spiro atoms. The molecule has 0 bridgehead atoms. The average molecular weight is 317 g/mol. The van der Waals surface area contributed by atoms with Gasteiger partial charge < -0.3 is 0 Å². The van der Waals surface area contributed by atoms with Gasteiger partial charge >= 0.3 is 0 Å². The summed E-state index contributed by atoms with van der Waals surface area (Å²) < 4.78 is 0. The van der Waals surface area contributed by atoms with Crippen LogP contribution in [0, 0.1) is 6.92 Å². The van der Waals surface area contributed by atoms with Crippen LogP contribution in [0.3, 0.4) is 0 Å². The summed E-state index contributed by atoms with van der Waals surface area (Å²) in [5.41, 5.74) is 0.892. The molecule has 0 saturated heterocycles. The molecule has 0 radical (unpaired) electrons. The maximum absolute atomic E-state index is 12.0. The summed E-state index contributed by atoms with van der Waals surface area (Å²) in [5, 5.41) is 3.48. The number of aryl methyl sites for hydroxylation is 1. The predicted octanol–water partition coefficient (Wildman–Crippen LogP) is 4.00. The van der Waals surface area contributed by atoms with Gasteiger partial charge in [-0.05, 0) is 31.2 Å². The van der Waals surface area contributed by atoms with E-state index in [9.17, 15) is 4.79 Å². The van der Waals surface area contributed by atoms with Gasteiger partial charge in [-0.25, -0.2) is 9.97 Å². The van der Waals surface area contributed by atoms with Gasteiger partial charge in [0.15, 0.2) is 0 Å². The molecule has 98 valence electrons. The minimum Gasteiger partial charge on any atom is -0.290 e. The van der Waals surface area contributed by atoms with Crippen molar-refractivity contribution < 1.29 is 4.79 Å². The molecule has 7 heteroatoms. The lowest BCUT2D eigenvalue weighted by molar-refractivity contribution is 0.102. The van der Waals surface area contributed by atoms with Crippen LogP contribution < -0.4 is 5.32 Å². The Hall–Kier alpha value is -1.36. The van der Waals surface area contributed by atoms with Crippen LogP contribution in [0.4, 0.5) is 5.95 Å². The smallest absolute Gasteiger partial charge is 0.259 e. The second-order valence-electron chi connectivity index (χ2n) is 3.73. The van der Waals surface area contributed by atoms with E-state index in [1.165, 1.54) is 6.07 Å². The van der Waals surface area contributed by atoms with E-state index in [2.05, 4.69) is 15.3 Å². The van der Waals surface area contributed by atoms with Crippen molar-refractivity contribution in [1.29, 1.82) is 0 Å². The molecule has 0 atom stereocenters. The van der Waals surface area contributed by atoms with Gasteiger partial charge in [-0.15, -0.1) is 0 Å². The number of carbonyl (C=O) groups is 1. The maximum atomic E-state index is 12.0. The first-order valence-electron chi connectivity index (χ1n) is 5.23. The van der Waals surface area contributed by atoms with Crippen molar-refractivity contribution >= 4 is 46.7 Å². The summed E-state index contributed by atoms with van der Waals surface area (Å²) in [6, 6.07) is 6.20. The van der Waals surface area contributed by atoms with Crippen molar-refractivity contribution in [2.75, 3.05) is 5.32 Å². The number of nitrogens with zero attached hydrogens (tertiary/aromatic N) is 2. The van der Waals surface area contributed by atoms with Crippen LogP contribution in [0.25, 0.3) is 0 Å². The van der Waals surface area contributed by atoms with E-state index >= 15 is 0 Å². The molecular formula is C12H8Cl3N3O. The first-order chi connectivity index (χ1) is 8.95. The zero-order chi connectivity index (χ0) is 14.0. The Labute approximate surface area is 124 Å². The molecular weight excluding hydrogens is 309 g/mol. The van der Waals surface area contributed by atoms with E-state index in [-0.39, 0.29) is 16.7 Å². The number of anilines is 1. The third kappa shape index (κ3) is 3.56. The molecule has 0 unspecified atom stereocenters. The molecule has 1 aromatic carbocycles. The van der Waals surface area contributed by atoms with Crippen LogP contribution in [0.2, 0.25) is 15.2 Å². The van der Waals surface area contributed by atoms with E-state index in [1.54, 1.807) is 25.1 Å². The molecule has 1 heterocycles. The molecule has 2 aromatic rings. The number of carbonyl (C=O) groups excluding carboxylic acids is 1. The van der Waals surface area contributed by atoms with E-state index in [1.807, 2.05) is 0 Å². The number of hydrogen-bond acceptors (Lipinski definition) is 3. The normalized spacial score (nSPS) is 10.3. The van der Waals surface area contributed by atoms with Crippen molar-refractivity contribution in [3.63, 3.8) is 0 Å². The maximum Gasteiger partial charge on any atom is 0.259 e. The van der Waals surface area contributed by atoms with Crippen molar-refractivity contribution in [3.05, 3.63) is 50.7 Å². The van der Waals surface area contributed by atoms with Crippen LogP contribution in [0.5, 0.6) is 0 Å². The highest BCUT2D eigenvalue weighted by Gasteiger charge is 2.13. The lowest BCUT2D eigenvalue weighted by atomic mass is 10.2. The summed E-state index contributed by atoms with van der Waals surface area (Å²) in [7, 11) is 0. The molecule has 2 rings (SSSR count). The van der Waals surface area contributed by atoms with Crippen LogP contribution >= 0.6 is 34.8 Å². The summed E-state index contributed by atoms with van der Waals surface area (Å²) >= 11 is 17.5. The predicted molar refractivity (Wildman–Crippen MR) is 76.2 cm³/mol. The Morgan fingerprint density at radius 1 is 1.16 bits per heavy atom. The fourth-order valence-corrected chi connectivity index (χ4v) is 2.04. The SMILES string of the molecule is Cc1cc(Cl)nc(NC(=O)c2cc(Cl)ccc2Cl)n1. The number of hydrogen-bond donors (Lipinski definition) is 1. The number of nitrogens with one attached hydrogen (secondary N) is 1. The molecule has 19 heavy (non-hydrogen) atoms. The Morgan fingerprint density at radius 2 is 1.89 bits per heavy atom. The van der Waals surface area contributed by atoms with Crippen molar-refractivity contribution in [3.8, 4) is 0 Å². The quantitative estimate of drug-likeness (QED) is 0.852. The number of rotatable bonds is 2. The second-order valence-corrected chi connectivity index (χ2v) is 4.96. The highest BCUT2D eigenvalue weighted by atomic mass is 35.5. The standard InChI is InChI=1S/C12H8Cl3N3O/c1-6-4-10(15)17-12(16-6)18-11(19)8-5-7(13)2-3-9(8)14/h2-5H,1H3,(H,16,17,18,19). The van der Waals surface area contributed by atoms with Gasteiger partial charge in [0.05, 0.1) is 10.6 Å². The lowest BCUT2D eigenvalue weighted by Crippen LogP contribution is -2.15. The Morgan fingerprint density at radius 3 is 2.58 bits per heavy atom. The fourth-order valence-electron chi connectivity index (χ4n) is 1.43. The minimum atomic E-state index is -0.450. The number of benzene rings is 1. The van der Waals surface area contributed by atoms with Crippen LogP contribution in [0.1, 0.15) is 16.1 Å². The minimum absolute atomic E-state index is 0.117. The molecule has 0 fully saturated rings. The molecule has 1 aromatic heterocycles. The fraction of sp³-hybridized carbons (Fsp3) is 0.0833. The Kier molecular flexibility index (Phi) is 4.24. The van der Waals surface area contributed by atoms with Crippen LogP contribution in [-0.2, 0) is 0 Å². The van der Waals surface area contributed by atoms with Gasteiger partial charge in [0.25, 0.3) is 5.91 Å². The first-order valence-corrected chi connectivity index (χ1v) is 6.36. The first kappa shape index (κ1) is 14.1. The largest absolute Gasteiger partial charge is 0.290 e. The molecule has 1 amide bonds. The Balaban J connectivity index is 2.28. The number of halogens is 3. The van der Waals surface area contributed by atoms with Gasteiger partial charge in [0, 0.05) is 10.7 Å². The van der Waals surface area contributed by atoms with Gasteiger partial charge in [-0.3, -0.25) is 10.1 Å². The van der Waals surface area contributed by atoms with Gasteiger partial charge in [-0.1, -0.05) is 34.8 Å². The van der Waals surface area contributed by atoms with Crippen molar-refractivity contribution in [2.24, 2.45) is 0 Å². The third-order valence-electron chi connectivity index (χ3n) is 2.22. The zero-order valence-corrected chi connectivity index (χ0v) is 12.0. The second kappa shape index (κ2) is 5.74. The van der Waals surface area contributed by atoms with Gasteiger partial charge in [0.2, 0.25) is 5.95 Å². The van der Waals surface area contributed by atoms with Crippen molar-refractivity contribution in [2.45, 2.75) is 6.92 Å².